The summed E-state index contributed by atoms with van der Waals surface area (Å²) in [5.41, 5.74) is 8.02. The van der Waals surface area contributed by atoms with Gasteiger partial charge in [-0.05, 0) is 31.4 Å². The predicted octanol–water partition coefficient (Wildman–Crippen LogP) is 2.86. The summed E-state index contributed by atoms with van der Waals surface area (Å²) in [6, 6.07) is 3.74. The highest BCUT2D eigenvalue weighted by Crippen LogP contribution is 2.44. The number of hydrogen-bond acceptors (Lipinski definition) is 10. The molecule has 0 bridgehead atoms. The van der Waals surface area contributed by atoms with Crippen molar-refractivity contribution in [2.45, 2.75) is 35.9 Å². The van der Waals surface area contributed by atoms with Crippen molar-refractivity contribution in [1.82, 2.24) is 29.8 Å². The number of rotatable bonds is 8. The maximum Gasteiger partial charge on any atom is 0.231 e. The van der Waals surface area contributed by atoms with Crippen LogP contribution in [0.1, 0.15) is 19.3 Å². The Morgan fingerprint density at radius 3 is 2.85 bits per heavy atom. The highest BCUT2D eigenvalue weighted by atomic mass is 32.2. The van der Waals surface area contributed by atoms with Gasteiger partial charge in [-0.1, -0.05) is 11.8 Å². The second-order valence-corrected chi connectivity index (χ2v) is 9.05. The molecule has 11 nitrogen and oxygen atoms in total. The molecule has 34 heavy (non-hydrogen) atoms. The Balaban J connectivity index is 1.33. The number of aromatic nitrogens is 5. The largest absolute Gasteiger partial charge is 0.454 e. The molecule has 1 aliphatic heterocycles. The standard InChI is InChI=1S/C22H21N7O4S/c23-18-17-19(27-10-26-18)29(6-1-4-24-20(30)12-2-3-12)22(28-17)34-16-9-15-14(32-11-33-15)8-13(16)21-25-5-7-31-21/h5,7-10,12H,1-4,6,11H2,(H,24,30)(H2,23,26,27). The first-order valence-electron chi connectivity index (χ1n) is 10.9. The number of ether oxygens (including phenoxy) is 2. The van der Waals surface area contributed by atoms with Crippen molar-refractivity contribution in [3.63, 3.8) is 0 Å². The van der Waals surface area contributed by atoms with Gasteiger partial charge in [-0.2, -0.15) is 0 Å². The van der Waals surface area contributed by atoms with Crippen molar-refractivity contribution in [2.24, 2.45) is 5.92 Å². The van der Waals surface area contributed by atoms with Crippen LogP contribution in [0.2, 0.25) is 0 Å². The van der Waals surface area contributed by atoms with Gasteiger partial charge in [0.25, 0.3) is 0 Å². The van der Waals surface area contributed by atoms with Crippen LogP contribution in [0, 0.1) is 5.92 Å². The van der Waals surface area contributed by atoms with Gasteiger partial charge in [-0.25, -0.2) is 19.9 Å². The van der Waals surface area contributed by atoms with Gasteiger partial charge >= 0.3 is 0 Å². The van der Waals surface area contributed by atoms with Gasteiger partial charge in [0.05, 0.1) is 11.8 Å². The van der Waals surface area contributed by atoms with E-state index in [0.29, 0.717) is 52.6 Å². The number of carbonyl (C=O) groups excluding carboxylic acids is 1. The molecule has 12 heteroatoms. The van der Waals surface area contributed by atoms with Gasteiger partial charge in [-0.3, -0.25) is 4.79 Å². The number of imidazole rings is 1. The zero-order valence-corrected chi connectivity index (χ0v) is 18.9. The van der Waals surface area contributed by atoms with E-state index < -0.39 is 0 Å². The summed E-state index contributed by atoms with van der Waals surface area (Å²) in [6.07, 6.45) is 7.23. The predicted molar refractivity (Wildman–Crippen MR) is 122 cm³/mol. The number of carbonyl (C=O) groups is 1. The molecule has 4 heterocycles. The van der Waals surface area contributed by atoms with E-state index in [1.54, 1.807) is 6.20 Å². The van der Waals surface area contributed by atoms with E-state index in [2.05, 4.69) is 20.3 Å². The number of anilines is 1. The van der Waals surface area contributed by atoms with E-state index in [-0.39, 0.29) is 18.6 Å². The third kappa shape index (κ3) is 3.89. The molecule has 0 atom stereocenters. The SMILES string of the molecule is Nc1ncnc2c1nc(Sc1cc3c(cc1-c1ncco1)OCO3)n2CCCNC(=O)C1CC1. The topological polar surface area (TPSA) is 143 Å². The first kappa shape index (κ1) is 20.8. The molecule has 0 saturated heterocycles. The van der Waals surface area contributed by atoms with Crippen LogP contribution in [-0.2, 0) is 11.3 Å². The number of fused-ring (bicyclic) bond motifs is 2. The smallest absolute Gasteiger partial charge is 0.231 e. The molecule has 1 amide bonds. The Kier molecular flexibility index (Phi) is 5.21. The second kappa shape index (κ2) is 8.52. The molecule has 0 unspecified atom stereocenters. The van der Waals surface area contributed by atoms with Crippen LogP contribution in [0.5, 0.6) is 11.5 Å². The Morgan fingerprint density at radius 1 is 1.21 bits per heavy atom. The van der Waals surface area contributed by atoms with E-state index in [4.69, 9.17) is 24.6 Å². The fourth-order valence-corrected chi connectivity index (χ4v) is 4.83. The molecule has 3 N–H and O–H groups in total. The molecule has 1 aromatic carbocycles. The highest BCUT2D eigenvalue weighted by Gasteiger charge is 2.29. The molecule has 1 aliphatic carbocycles. The van der Waals surface area contributed by atoms with Crippen LogP contribution < -0.4 is 20.5 Å². The number of nitrogens with two attached hydrogens (primary N) is 1. The molecule has 6 rings (SSSR count). The quantitative estimate of drug-likeness (QED) is 0.362. The minimum Gasteiger partial charge on any atom is -0.454 e. The third-order valence-corrected chi connectivity index (χ3v) is 6.72. The lowest BCUT2D eigenvalue weighted by Gasteiger charge is -2.11. The van der Waals surface area contributed by atoms with Crippen LogP contribution in [0.15, 0.2) is 45.4 Å². The van der Waals surface area contributed by atoms with Gasteiger partial charge in [0, 0.05) is 23.9 Å². The van der Waals surface area contributed by atoms with Crippen molar-refractivity contribution in [3.05, 3.63) is 30.9 Å². The maximum atomic E-state index is 12.0. The lowest BCUT2D eigenvalue weighted by molar-refractivity contribution is -0.122. The van der Waals surface area contributed by atoms with Crippen molar-refractivity contribution < 1.29 is 18.7 Å². The van der Waals surface area contributed by atoms with E-state index in [1.807, 2.05) is 16.7 Å². The number of nitrogens with one attached hydrogen (secondary N) is 1. The Labute approximate surface area is 198 Å². The minimum absolute atomic E-state index is 0.132. The van der Waals surface area contributed by atoms with Crippen LogP contribution in [0.4, 0.5) is 5.82 Å². The number of amides is 1. The van der Waals surface area contributed by atoms with Crippen LogP contribution in [0.25, 0.3) is 22.6 Å². The van der Waals surface area contributed by atoms with Gasteiger partial charge in [0.15, 0.2) is 33.6 Å². The number of nitrogens with zero attached hydrogens (tertiary/aromatic N) is 5. The van der Waals surface area contributed by atoms with E-state index in [1.165, 1.54) is 24.4 Å². The third-order valence-electron chi connectivity index (χ3n) is 5.67. The highest BCUT2D eigenvalue weighted by molar-refractivity contribution is 7.99. The summed E-state index contributed by atoms with van der Waals surface area (Å²) < 4.78 is 18.7. The summed E-state index contributed by atoms with van der Waals surface area (Å²) in [4.78, 5) is 30.3. The van der Waals surface area contributed by atoms with Crippen molar-refractivity contribution in [3.8, 4) is 23.0 Å². The fourth-order valence-electron chi connectivity index (χ4n) is 3.78. The molecular formula is C22H21N7O4S. The van der Waals surface area contributed by atoms with Crippen molar-refractivity contribution in [1.29, 1.82) is 0 Å². The second-order valence-electron chi connectivity index (χ2n) is 8.04. The molecular weight excluding hydrogens is 458 g/mol. The van der Waals surface area contributed by atoms with Crippen LogP contribution in [-0.4, -0.2) is 43.7 Å². The van der Waals surface area contributed by atoms with Gasteiger partial charge < -0.3 is 29.5 Å². The number of nitrogen functional groups attached to an aromatic ring is 1. The Bertz CT molecular complexity index is 1370. The molecule has 3 aromatic heterocycles. The first-order chi connectivity index (χ1) is 16.7. The maximum absolute atomic E-state index is 12.0. The van der Waals surface area contributed by atoms with E-state index in [9.17, 15) is 4.79 Å². The number of aryl methyl sites for hydroxylation is 1. The lowest BCUT2D eigenvalue weighted by atomic mass is 10.2. The normalized spacial score (nSPS) is 14.6. The summed E-state index contributed by atoms with van der Waals surface area (Å²) in [6.45, 7) is 1.33. The van der Waals surface area contributed by atoms with Gasteiger partial charge in [0.2, 0.25) is 18.6 Å². The zero-order chi connectivity index (χ0) is 23.1. The number of oxazole rings is 1. The average molecular weight is 480 g/mol. The number of benzene rings is 1. The first-order valence-corrected chi connectivity index (χ1v) is 11.7. The Morgan fingerprint density at radius 2 is 2.06 bits per heavy atom. The van der Waals surface area contributed by atoms with E-state index >= 15 is 0 Å². The Hall–Kier alpha value is -3.80. The van der Waals surface area contributed by atoms with Gasteiger partial charge in [-0.15, -0.1) is 0 Å². The van der Waals surface area contributed by atoms with E-state index in [0.717, 1.165) is 29.7 Å². The molecule has 174 valence electrons. The molecule has 0 radical (unpaired) electrons. The minimum atomic E-state index is 0.132. The molecule has 2 aliphatic rings. The molecule has 1 fully saturated rings. The van der Waals surface area contributed by atoms with Crippen LogP contribution >= 0.6 is 11.8 Å². The fraction of sp³-hybridized carbons (Fsp3) is 0.318. The lowest BCUT2D eigenvalue weighted by Crippen LogP contribution is -2.26. The molecule has 0 spiro atoms. The van der Waals surface area contributed by atoms with Crippen LogP contribution in [0.3, 0.4) is 0 Å². The zero-order valence-electron chi connectivity index (χ0n) is 18.1. The summed E-state index contributed by atoms with van der Waals surface area (Å²) in [5.74, 6) is 2.37. The summed E-state index contributed by atoms with van der Waals surface area (Å²) in [7, 11) is 0. The van der Waals surface area contributed by atoms with Crippen molar-refractivity contribution >= 4 is 34.7 Å². The van der Waals surface area contributed by atoms with Crippen molar-refractivity contribution in [2.75, 3.05) is 19.1 Å². The average Bonchev–Trinajstić information content (AvgIpc) is 3.20. The summed E-state index contributed by atoms with van der Waals surface area (Å²) in [5, 5.41) is 3.69. The monoisotopic (exact) mass is 479 g/mol. The van der Waals surface area contributed by atoms with Gasteiger partial charge in [0.1, 0.15) is 12.6 Å². The molecule has 4 aromatic rings. The number of hydrogen-bond donors (Lipinski definition) is 2. The molecule has 1 saturated carbocycles. The summed E-state index contributed by atoms with van der Waals surface area (Å²) >= 11 is 1.42.